The van der Waals surface area contributed by atoms with Crippen LogP contribution in [0, 0.1) is 0 Å². The van der Waals surface area contributed by atoms with E-state index >= 15 is 0 Å². The molecule has 2 aromatic carbocycles. The third-order valence-corrected chi connectivity index (χ3v) is 3.18. The molecule has 23 heavy (non-hydrogen) atoms. The van der Waals surface area contributed by atoms with Gasteiger partial charge in [0.05, 0.1) is 0 Å². The first kappa shape index (κ1) is 16.8. The fourth-order valence-corrected chi connectivity index (χ4v) is 2.00. The largest absolute Gasteiger partial charge is 0.484 e. The molecule has 0 bridgehead atoms. The number of hydrogen-bond donors (Lipinski definition) is 2. The molecule has 0 spiro atoms. The van der Waals surface area contributed by atoms with E-state index in [1.165, 1.54) is 6.92 Å². The molecule has 2 rings (SSSR count). The van der Waals surface area contributed by atoms with Gasteiger partial charge in [0.1, 0.15) is 5.75 Å². The Hall–Kier alpha value is -2.53. The van der Waals surface area contributed by atoms with Gasteiger partial charge in [0.15, 0.2) is 6.61 Å². The van der Waals surface area contributed by atoms with Crippen molar-refractivity contribution in [2.45, 2.75) is 13.5 Å². The normalized spacial score (nSPS) is 10.0. The summed E-state index contributed by atoms with van der Waals surface area (Å²) in [7, 11) is 0. The SMILES string of the molecule is CC(=O)Nc1cccc(OCC(=O)NCc2ccc(Cl)cc2)c1. The van der Waals surface area contributed by atoms with Crippen molar-refractivity contribution in [1.82, 2.24) is 5.32 Å². The molecular weight excluding hydrogens is 316 g/mol. The van der Waals surface area contributed by atoms with Crippen molar-refractivity contribution in [1.29, 1.82) is 0 Å². The van der Waals surface area contributed by atoms with Crippen LogP contribution in [0.3, 0.4) is 0 Å². The van der Waals surface area contributed by atoms with Gasteiger partial charge in [-0.2, -0.15) is 0 Å². The van der Waals surface area contributed by atoms with E-state index in [4.69, 9.17) is 16.3 Å². The third-order valence-electron chi connectivity index (χ3n) is 2.93. The Labute approximate surface area is 139 Å². The van der Waals surface area contributed by atoms with Crippen LogP contribution in [0.5, 0.6) is 5.75 Å². The summed E-state index contributed by atoms with van der Waals surface area (Å²) in [6.07, 6.45) is 0. The number of halogens is 1. The molecular formula is C17H17ClN2O3. The molecule has 6 heteroatoms. The van der Waals surface area contributed by atoms with Gasteiger partial charge < -0.3 is 15.4 Å². The van der Waals surface area contributed by atoms with Gasteiger partial charge in [-0.15, -0.1) is 0 Å². The van der Waals surface area contributed by atoms with Crippen LogP contribution in [0.2, 0.25) is 5.02 Å². The summed E-state index contributed by atoms with van der Waals surface area (Å²) in [5.41, 5.74) is 1.58. The number of benzene rings is 2. The van der Waals surface area contributed by atoms with E-state index in [2.05, 4.69) is 10.6 Å². The molecule has 0 aliphatic carbocycles. The zero-order valence-electron chi connectivity index (χ0n) is 12.6. The summed E-state index contributed by atoms with van der Waals surface area (Å²) in [4.78, 5) is 22.8. The maximum Gasteiger partial charge on any atom is 0.258 e. The molecule has 0 aromatic heterocycles. The quantitative estimate of drug-likeness (QED) is 0.854. The Bertz CT molecular complexity index is 686. The standard InChI is InChI=1S/C17H17ClN2O3/c1-12(21)20-15-3-2-4-16(9-15)23-11-17(22)19-10-13-5-7-14(18)8-6-13/h2-9H,10-11H2,1H3,(H,19,22)(H,20,21). The van der Waals surface area contributed by atoms with E-state index in [-0.39, 0.29) is 18.4 Å². The molecule has 0 atom stereocenters. The summed E-state index contributed by atoms with van der Waals surface area (Å²) in [5.74, 6) is 0.116. The van der Waals surface area contributed by atoms with Gasteiger partial charge in [-0.1, -0.05) is 29.8 Å². The molecule has 5 nitrogen and oxygen atoms in total. The second kappa shape index (κ2) is 8.19. The van der Waals surface area contributed by atoms with Gasteiger partial charge >= 0.3 is 0 Å². The van der Waals surface area contributed by atoms with E-state index in [1.807, 2.05) is 12.1 Å². The molecule has 120 valence electrons. The minimum absolute atomic E-state index is 0.100. The predicted molar refractivity (Wildman–Crippen MR) is 89.5 cm³/mol. The topological polar surface area (TPSA) is 67.4 Å². The molecule has 0 fully saturated rings. The molecule has 0 aliphatic heterocycles. The second-order valence-electron chi connectivity index (χ2n) is 4.90. The van der Waals surface area contributed by atoms with Crippen molar-refractivity contribution in [3.63, 3.8) is 0 Å². The predicted octanol–water partition coefficient (Wildman–Crippen LogP) is 2.99. The third kappa shape index (κ3) is 6.00. The van der Waals surface area contributed by atoms with Crippen LogP contribution >= 0.6 is 11.6 Å². The molecule has 0 heterocycles. The van der Waals surface area contributed by atoms with E-state index in [9.17, 15) is 9.59 Å². The summed E-state index contributed by atoms with van der Waals surface area (Å²) < 4.78 is 5.41. The van der Waals surface area contributed by atoms with Gasteiger partial charge in [-0.05, 0) is 29.8 Å². The Morgan fingerprint density at radius 2 is 1.87 bits per heavy atom. The van der Waals surface area contributed by atoms with E-state index < -0.39 is 0 Å². The van der Waals surface area contributed by atoms with Gasteiger partial charge in [0.2, 0.25) is 5.91 Å². The number of hydrogen-bond acceptors (Lipinski definition) is 3. The van der Waals surface area contributed by atoms with Crippen molar-refractivity contribution in [2.75, 3.05) is 11.9 Å². The molecule has 0 saturated carbocycles. The lowest BCUT2D eigenvalue weighted by molar-refractivity contribution is -0.123. The van der Waals surface area contributed by atoms with Crippen LogP contribution in [0.4, 0.5) is 5.69 Å². The van der Waals surface area contributed by atoms with Crippen molar-refractivity contribution >= 4 is 29.1 Å². The van der Waals surface area contributed by atoms with Gasteiger partial charge in [-0.3, -0.25) is 9.59 Å². The van der Waals surface area contributed by atoms with Crippen molar-refractivity contribution in [2.24, 2.45) is 0 Å². The lowest BCUT2D eigenvalue weighted by atomic mass is 10.2. The van der Waals surface area contributed by atoms with Crippen LogP contribution in [0.25, 0.3) is 0 Å². The lowest BCUT2D eigenvalue weighted by Gasteiger charge is -2.09. The van der Waals surface area contributed by atoms with Gasteiger partial charge in [-0.25, -0.2) is 0 Å². The molecule has 2 N–H and O–H groups in total. The van der Waals surface area contributed by atoms with Gasteiger partial charge in [0, 0.05) is 30.2 Å². The molecule has 0 aliphatic rings. The van der Waals surface area contributed by atoms with Gasteiger partial charge in [0.25, 0.3) is 5.91 Å². The molecule has 0 saturated heterocycles. The number of ether oxygens (including phenoxy) is 1. The molecule has 0 radical (unpaired) electrons. The smallest absolute Gasteiger partial charge is 0.258 e. The van der Waals surface area contributed by atoms with Crippen molar-refractivity contribution in [3.8, 4) is 5.75 Å². The fourth-order valence-electron chi connectivity index (χ4n) is 1.87. The molecule has 2 aromatic rings. The summed E-state index contributed by atoms with van der Waals surface area (Å²) in [6.45, 7) is 1.74. The lowest BCUT2D eigenvalue weighted by Crippen LogP contribution is -2.28. The van der Waals surface area contributed by atoms with E-state index in [1.54, 1.807) is 36.4 Å². The number of rotatable bonds is 6. The van der Waals surface area contributed by atoms with Crippen LogP contribution in [0.1, 0.15) is 12.5 Å². The first-order chi connectivity index (χ1) is 11.0. The van der Waals surface area contributed by atoms with E-state index in [0.29, 0.717) is 23.0 Å². The number of amides is 2. The minimum atomic E-state index is -0.232. The maximum absolute atomic E-state index is 11.8. The Morgan fingerprint density at radius 3 is 2.57 bits per heavy atom. The number of carbonyl (C=O) groups excluding carboxylic acids is 2. The minimum Gasteiger partial charge on any atom is -0.484 e. The highest BCUT2D eigenvalue weighted by atomic mass is 35.5. The van der Waals surface area contributed by atoms with E-state index in [0.717, 1.165) is 5.56 Å². The van der Waals surface area contributed by atoms with Crippen LogP contribution in [-0.4, -0.2) is 18.4 Å². The first-order valence-corrected chi connectivity index (χ1v) is 7.42. The highest BCUT2D eigenvalue weighted by Crippen LogP contribution is 2.17. The zero-order valence-corrected chi connectivity index (χ0v) is 13.4. The highest BCUT2D eigenvalue weighted by molar-refractivity contribution is 6.30. The summed E-state index contributed by atoms with van der Waals surface area (Å²) in [6, 6.07) is 14.1. The van der Waals surface area contributed by atoms with Crippen molar-refractivity contribution < 1.29 is 14.3 Å². The monoisotopic (exact) mass is 332 g/mol. The number of anilines is 1. The van der Waals surface area contributed by atoms with Crippen LogP contribution in [-0.2, 0) is 16.1 Å². The van der Waals surface area contributed by atoms with Crippen LogP contribution in [0.15, 0.2) is 48.5 Å². The van der Waals surface area contributed by atoms with Crippen molar-refractivity contribution in [3.05, 3.63) is 59.1 Å². The molecule has 2 amide bonds. The fraction of sp³-hybridized carbons (Fsp3) is 0.176. The maximum atomic E-state index is 11.8. The van der Waals surface area contributed by atoms with Crippen LogP contribution < -0.4 is 15.4 Å². The summed E-state index contributed by atoms with van der Waals surface area (Å²) >= 11 is 5.80. The Kier molecular flexibility index (Phi) is 6.00. The Morgan fingerprint density at radius 1 is 1.13 bits per heavy atom. The number of carbonyl (C=O) groups is 2. The number of nitrogens with one attached hydrogen (secondary N) is 2. The first-order valence-electron chi connectivity index (χ1n) is 7.04. The average Bonchev–Trinajstić information content (AvgIpc) is 2.52. The zero-order chi connectivity index (χ0) is 16.7. The highest BCUT2D eigenvalue weighted by Gasteiger charge is 2.04. The Balaban J connectivity index is 1.80. The molecule has 0 unspecified atom stereocenters. The second-order valence-corrected chi connectivity index (χ2v) is 5.34. The summed E-state index contributed by atoms with van der Waals surface area (Å²) in [5, 5.41) is 6.07. The average molecular weight is 333 g/mol.